The van der Waals surface area contributed by atoms with Gasteiger partial charge in [-0.1, -0.05) is 30.7 Å². The number of para-hydroxylation sites is 1. The first-order valence-corrected chi connectivity index (χ1v) is 10.3. The number of H-pyrrole nitrogens is 1. The van der Waals surface area contributed by atoms with Gasteiger partial charge in [0.15, 0.2) is 0 Å². The highest BCUT2D eigenvalue weighted by Gasteiger charge is 2.15. The van der Waals surface area contributed by atoms with Gasteiger partial charge in [-0.15, -0.1) is 0 Å². The van der Waals surface area contributed by atoms with Crippen LogP contribution < -0.4 is 5.32 Å². The average molecular weight is 365 g/mol. The van der Waals surface area contributed by atoms with Crippen LogP contribution >= 0.6 is 0 Å². The van der Waals surface area contributed by atoms with E-state index in [0.29, 0.717) is 0 Å². The molecule has 1 aromatic carbocycles. The highest BCUT2D eigenvalue weighted by Crippen LogP contribution is 2.26. The van der Waals surface area contributed by atoms with Crippen molar-refractivity contribution in [3.63, 3.8) is 0 Å². The lowest BCUT2D eigenvalue weighted by Gasteiger charge is -2.19. The van der Waals surface area contributed by atoms with Gasteiger partial charge in [-0.05, 0) is 75.6 Å². The second-order valence-electron chi connectivity index (χ2n) is 7.43. The zero-order valence-corrected chi connectivity index (χ0v) is 16.7. The molecule has 4 heteroatoms. The van der Waals surface area contributed by atoms with Crippen LogP contribution in [-0.4, -0.2) is 23.6 Å². The third-order valence-electron chi connectivity index (χ3n) is 5.64. The second kappa shape index (κ2) is 9.65. The third-order valence-corrected chi connectivity index (χ3v) is 5.64. The summed E-state index contributed by atoms with van der Waals surface area (Å²) >= 11 is 0. The first kappa shape index (κ1) is 19.6. The Kier molecular flexibility index (Phi) is 6.99. The zero-order chi connectivity index (χ0) is 19.1. The van der Waals surface area contributed by atoms with Crippen LogP contribution in [0.2, 0.25) is 0 Å². The Labute approximate surface area is 162 Å². The van der Waals surface area contributed by atoms with Crippen LogP contribution in [0, 0.1) is 5.41 Å². The van der Waals surface area contributed by atoms with Crippen LogP contribution in [-0.2, 0) is 13.0 Å². The Morgan fingerprint density at radius 1 is 1.26 bits per heavy atom. The Hall–Kier alpha value is -2.20. The SMILES string of the molecule is CCc1[nH]c2ccccc2c1CNCCC/C(C)=C1\CCCCC1=NC=N. The lowest BCUT2D eigenvalue weighted by molar-refractivity contribution is 0.642. The lowest BCUT2D eigenvalue weighted by atomic mass is 9.88. The molecule has 1 aliphatic carbocycles. The maximum Gasteiger partial charge on any atom is 0.107 e. The van der Waals surface area contributed by atoms with Crippen LogP contribution in [0.3, 0.4) is 0 Å². The van der Waals surface area contributed by atoms with Gasteiger partial charge in [0.25, 0.3) is 0 Å². The molecule has 0 spiro atoms. The molecule has 1 fully saturated rings. The van der Waals surface area contributed by atoms with Gasteiger partial charge in [0.1, 0.15) is 6.34 Å². The van der Waals surface area contributed by atoms with Crippen molar-refractivity contribution in [3.05, 3.63) is 46.7 Å². The van der Waals surface area contributed by atoms with E-state index < -0.39 is 0 Å². The fraction of sp³-hybridized carbons (Fsp3) is 0.478. The van der Waals surface area contributed by atoms with Gasteiger partial charge in [-0.3, -0.25) is 5.41 Å². The molecule has 0 aliphatic heterocycles. The molecule has 144 valence electrons. The van der Waals surface area contributed by atoms with Crippen molar-refractivity contribution < 1.29 is 0 Å². The van der Waals surface area contributed by atoms with E-state index in [1.807, 2.05) is 0 Å². The van der Waals surface area contributed by atoms with Crippen molar-refractivity contribution >= 4 is 23.0 Å². The summed E-state index contributed by atoms with van der Waals surface area (Å²) in [5.74, 6) is 0. The minimum Gasteiger partial charge on any atom is -0.358 e. The molecule has 0 atom stereocenters. The second-order valence-corrected chi connectivity index (χ2v) is 7.43. The summed E-state index contributed by atoms with van der Waals surface area (Å²) in [6, 6.07) is 8.58. The summed E-state index contributed by atoms with van der Waals surface area (Å²) in [6.07, 6.45) is 9.08. The van der Waals surface area contributed by atoms with Gasteiger partial charge in [0.2, 0.25) is 0 Å². The summed E-state index contributed by atoms with van der Waals surface area (Å²) < 4.78 is 0. The highest BCUT2D eigenvalue weighted by molar-refractivity contribution is 6.04. The van der Waals surface area contributed by atoms with Gasteiger partial charge in [-0.2, -0.15) is 0 Å². The molecule has 0 bridgehead atoms. The molecule has 0 saturated heterocycles. The summed E-state index contributed by atoms with van der Waals surface area (Å²) in [4.78, 5) is 7.85. The molecule has 0 amide bonds. The van der Waals surface area contributed by atoms with E-state index in [1.54, 1.807) is 0 Å². The number of aryl methyl sites for hydroxylation is 1. The first-order valence-electron chi connectivity index (χ1n) is 10.3. The summed E-state index contributed by atoms with van der Waals surface area (Å²) in [5.41, 5.74) is 8.01. The van der Waals surface area contributed by atoms with Crippen LogP contribution in [0.4, 0.5) is 0 Å². The fourth-order valence-corrected chi connectivity index (χ4v) is 4.17. The van der Waals surface area contributed by atoms with E-state index in [4.69, 9.17) is 5.41 Å². The topological polar surface area (TPSA) is 64.0 Å². The van der Waals surface area contributed by atoms with E-state index >= 15 is 0 Å². The van der Waals surface area contributed by atoms with Gasteiger partial charge in [-0.25, -0.2) is 4.99 Å². The maximum absolute atomic E-state index is 7.27. The zero-order valence-electron chi connectivity index (χ0n) is 16.7. The third kappa shape index (κ3) is 4.75. The number of aromatic amines is 1. The Morgan fingerprint density at radius 3 is 2.89 bits per heavy atom. The van der Waals surface area contributed by atoms with E-state index in [9.17, 15) is 0 Å². The Morgan fingerprint density at radius 2 is 2.07 bits per heavy atom. The van der Waals surface area contributed by atoms with Crippen molar-refractivity contribution in [1.82, 2.24) is 10.3 Å². The average Bonchev–Trinajstić information content (AvgIpc) is 3.06. The summed E-state index contributed by atoms with van der Waals surface area (Å²) in [6.45, 7) is 6.39. The minimum absolute atomic E-state index is 0.920. The van der Waals surface area contributed by atoms with Crippen molar-refractivity contribution in [2.24, 2.45) is 4.99 Å². The molecule has 2 aromatic rings. The quantitative estimate of drug-likeness (QED) is 0.321. The van der Waals surface area contributed by atoms with Crippen molar-refractivity contribution in [2.45, 2.75) is 65.3 Å². The molecule has 3 N–H and O–H groups in total. The molecule has 27 heavy (non-hydrogen) atoms. The normalized spacial score (nSPS) is 18.2. The number of hydrogen-bond acceptors (Lipinski definition) is 2. The molecular formula is C23H32N4. The van der Waals surface area contributed by atoms with Gasteiger partial charge in [0.05, 0.1) is 0 Å². The molecule has 1 heterocycles. The lowest BCUT2D eigenvalue weighted by Crippen LogP contribution is -2.16. The smallest absolute Gasteiger partial charge is 0.107 e. The number of benzene rings is 1. The molecule has 1 aliphatic rings. The molecule has 0 radical (unpaired) electrons. The van der Waals surface area contributed by atoms with E-state index in [1.165, 1.54) is 52.5 Å². The van der Waals surface area contributed by atoms with Crippen LogP contribution in [0.5, 0.6) is 0 Å². The van der Waals surface area contributed by atoms with Gasteiger partial charge >= 0.3 is 0 Å². The van der Waals surface area contributed by atoms with Crippen LogP contribution in [0.25, 0.3) is 10.9 Å². The van der Waals surface area contributed by atoms with Crippen LogP contribution in [0.1, 0.15) is 63.6 Å². The number of rotatable bonds is 8. The number of nitrogens with one attached hydrogen (secondary N) is 3. The molecule has 1 aromatic heterocycles. The van der Waals surface area contributed by atoms with Gasteiger partial charge in [0, 0.05) is 28.9 Å². The molecular weight excluding hydrogens is 332 g/mol. The van der Waals surface area contributed by atoms with E-state index in [-0.39, 0.29) is 0 Å². The molecule has 3 rings (SSSR count). The summed E-state index contributed by atoms with van der Waals surface area (Å²) in [7, 11) is 0. The predicted octanol–water partition coefficient (Wildman–Crippen LogP) is 5.54. The predicted molar refractivity (Wildman–Crippen MR) is 116 cm³/mol. The van der Waals surface area contributed by atoms with Crippen LogP contribution in [0.15, 0.2) is 40.4 Å². The fourth-order valence-electron chi connectivity index (χ4n) is 4.17. The van der Waals surface area contributed by atoms with E-state index in [0.717, 1.165) is 50.9 Å². The summed E-state index contributed by atoms with van der Waals surface area (Å²) in [5, 5.41) is 12.3. The Bertz CT molecular complexity index is 841. The highest BCUT2D eigenvalue weighted by atomic mass is 14.9. The number of aliphatic imine (C=N–C) groups is 1. The molecule has 1 saturated carbocycles. The van der Waals surface area contributed by atoms with Crippen molar-refractivity contribution in [2.75, 3.05) is 6.54 Å². The molecule has 4 nitrogen and oxygen atoms in total. The number of hydrogen-bond donors (Lipinski definition) is 3. The standard InChI is InChI=1S/C23H32N4/c1-3-21-20(19-11-5-7-13-23(19)27-21)15-25-14-8-9-17(2)18-10-4-6-12-22(18)26-16-24/h5,7,11,13,16,24-25,27H,3-4,6,8-10,12,14-15H2,1-2H3/b18-17+,24-16?,26-22?. The Balaban J connectivity index is 1.54. The van der Waals surface area contributed by atoms with Crippen molar-refractivity contribution in [1.29, 1.82) is 5.41 Å². The number of nitrogens with zero attached hydrogens (tertiary/aromatic N) is 1. The first-order chi connectivity index (χ1) is 13.2. The monoisotopic (exact) mass is 364 g/mol. The maximum atomic E-state index is 7.27. The van der Waals surface area contributed by atoms with Gasteiger partial charge < -0.3 is 10.3 Å². The largest absolute Gasteiger partial charge is 0.358 e. The number of allylic oxidation sites excluding steroid dienone is 2. The number of fused-ring (bicyclic) bond motifs is 1. The minimum atomic E-state index is 0.920. The number of aromatic nitrogens is 1. The molecule has 0 unspecified atom stereocenters. The van der Waals surface area contributed by atoms with E-state index in [2.05, 4.69) is 53.4 Å². The van der Waals surface area contributed by atoms with Crippen molar-refractivity contribution in [3.8, 4) is 0 Å².